The average Bonchev–Trinajstić information content (AvgIpc) is 2.42. The number of alkyl halides is 1. The normalized spacial score (nSPS) is 12.4. The Morgan fingerprint density at radius 3 is 2.20 bits per heavy atom. The molecule has 20 heavy (non-hydrogen) atoms. The third kappa shape index (κ3) is 4.14. The van der Waals surface area contributed by atoms with Crippen molar-refractivity contribution in [1.29, 1.82) is 0 Å². The van der Waals surface area contributed by atoms with Crippen LogP contribution in [0.2, 0.25) is 0 Å². The number of hydrogen-bond acceptors (Lipinski definition) is 0. The van der Waals surface area contributed by atoms with Crippen molar-refractivity contribution >= 4 is 15.9 Å². The Labute approximate surface area is 127 Å². The van der Waals surface area contributed by atoms with E-state index in [0.29, 0.717) is 6.42 Å². The van der Waals surface area contributed by atoms with Crippen molar-refractivity contribution in [2.24, 2.45) is 0 Å². The van der Waals surface area contributed by atoms with Gasteiger partial charge >= 0.3 is 0 Å². The van der Waals surface area contributed by atoms with Gasteiger partial charge in [-0.3, -0.25) is 0 Å². The van der Waals surface area contributed by atoms with Gasteiger partial charge in [0.05, 0.1) is 0 Å². The highest BCUT2D eigenvalue weighted by Gasteiger charge is 2.13. The maximum Gasteiger partial charge on any atom is 0.129 e. The minimum Gasteiger partial charge on any atom is -0.207 e. The van der Waals surface area contributed by atoms with Crippen molar-refractivity contribution in [1.82, 2.24) is 0 Å². The molecule has 0 spiro atoms. The molecule has 3 heteroatoms. The summed E-state index contributed by atoms with van der Waals surface area (Å²) in [6.45, 7) is 2.05. The van der Waals surface area contributed by atoms with Crippen LogP contribution in [0.3, 0.4) is 0 Å². The molecule has 0 aliphatic heterocycles. The van der Waals surface area contributed by atoms with Crippen LogP contribution in [0, 0.1) is 18.6 Å². The number of aryl methyl sites for hydroxylation is 2. The highest BCUT2D eigenvalue weighted by atomic mass is 79.9. The van der Waals surface area contributed by atoms with Gasteiger partial charge in [0.2, 0.25) is 0 Å². The van der Waals surface area contributed by atoms with Crippen LogP contribution in [0.4, 0.5) is 8.78 Å². The second-order valence-electron chi connectivity index (χ2n) is 5.03. The number of benzene rings is 2. The molecule has 2 aromatic rings. The zero-order valence-corrected chi connectivity index (χ0v) is 13.0. The van der Waals surface area contributed by atoms with Crippen LogP contribution >= 0.6 is 15.9 Å². The van der Waals surface area contributed by atoms with Crippen LogP contribution in [0.5, 0.6) is 0 Å². The van der Waals surface area contributed by atoms with Crippen molar-refractivity contribution in [2.45, 2.75) is 31.0 Å². The van der Waals surface area contributed by atoms with E-state index in [1.807, 2.05) is 0 Å². The molecule has 0 saturated carbocycles. The van der Waals surface area contributed by atoms with E-state index < -0.39 is 11.6 Å². The molecule has 0 heterocycles. The summed E-state index contributed by atoms with van der Waals surface area (Å²) in [5.74, 6) is -0.936. The van der Waals surface area contributed by atoms with Gasteiger partial charge in [-0.2, -0.15) is 0 Å². The van der Waals surface area contributed by atoms with Crippen LogP contribution < -0.4 is 0 Å². The van der Waals surface area contributed by atoms with Crippen molar-refractivity contribution in [3.05, 3.63) is 70.8 Å². The summed E-state index contributed by atoms with van der Waals surface area (Å²) in [6.07, 6.45) is 2.10. The summed E-state index contributed by atoms with van der Waals surface area (Å²) in [5.41, 5.74) is 2.64. The Kier molecular flexibility index (Phi) is 5.30. The molecule has 0 aliphatic rings. The minimum atomic E-state index is -0.468. The summed E-state index contributed by atoms with van der Waals surface area (Å²) in [7, 11) is 0. The maximum absolute atomic E-state index is 13.6. The van der Waals surface area contributed by atoms with Gasteiger partial charge in [-0.25, -0.2) is 8.78 Å². The first-order chi connectivity index (χ1) is 9.56. The zero-order chi connectivity index (χ0) is 14.5. The molecule has 0 aliphatic carbocycles. The largest absolute Gasteiger partial charge is 0.207 e. The molecule has 0 bridgehead atoms. The maximum atomic E-state index is 13.6. The van der Waals surface area contributed by atoms with Gasteiger partial charge in [0.15, 0.2) is 0 Å². The SMILES string of the molecule is Cc1ccc(CCC(Br)Cc2c(F)cccc2F)cc1. The van der Waals surface area contributed by atoms with Gasteiger partial charge in [0, 0.05) is 10.4 Å². The van der Waals surface area contributed by atoms with E-state index in [2.05, 4.69) is 47.1 Å². The lowest BCUT2D eigenvalue weighted by Gasteiger charge is -2.11. The molecule has 106 valence electrons. The summed E-state index contributed by atoms with van der Waals surface area (Å²) in [4.78, 5) is 0.0650. The summed E-state index contributed by atoms with van der Waals surface area (Å²) in [6, 6.07) is 12.3. The third-order valence-corrected chi connectivity index (χ3v) is 4.14. The molecule has 0 radical (unpaired) electrons. The van der Waals surface area contributed by atoms with Gasteiger partial charge in [-0.05, 0) is 43.9 Å². The molecule has 2 rings (SSSR count). The Balaban J connectivity index is 1.92. The molecular weight excluding hydrogens is 322 g/mol. The number of hydrogen-bond donors (Lipinski definition) is 0. The van der Waals surface area contributed by atoms with Crippen molar-refractivity contribution in [3.8, 4) is 0 Å². The van der Waals surface area contributed by atoms with Crippen LogP contribution in [0.15, 0.2) is 42.5 Å². The highest BCUT2D eigenvalue weighted by molar-refractivity contribution is 9.09. The van der Waals surface area contributed by atoms with Crippen LogP contribution in [0.25, 0.3) is 0 Å². The molecule has 0 N–H and O–H groups in total. The standard InChI is InChI=1S/C17H17BrF2/c1-12-5-7-13(8-6-12)9-10-14(18)11-15-16(19)3-2-4-17(15)20/h2-8,14H,9-11H2,1H3. The van der Waals surface area contributed by atoms with E-state index in [9.17, 15) is 8.78 Å². The monoisotopic (exact) mass is 338 g/mol. The van der Waals surface area contributed by atoms with Gasteiger partial charge in [0.1, 0.15) is 11.6 Å². The Hall–Kier alpha value is -1.22. The zero-order valence-electron chi connectivity index (χ0n) is 11.4. The lowest BCUT2D eigenvalue weighted by atomic mass is 10.0. The molecule has 0 fully saturated rings. The lowest BCUT2D eigenvalue weighted by molar-refractivity contribution is 0.550. The van der Waals surface area contributed by atoms with E-state index in [4.69, 9.17) is 0 Å². The van der Waals surface area contributed by atoms with Gasteiger partial charge in [-0.1, -0.05) is 51.8 Å². The minimum absolute atomic E-state index is 0.0650. The number of rotatable bonds is 5. The Morgan fingerprint density at radius 2 is 1.60 bits per heavy atom. The van der Waals surface area contributed by atoms with Gasteiger partial charge < -0.3 is 0 Å². The molecule has 2 aromatic carbocycles. The first-order valence-corrected chi connectivity index (χ1v) is 7.60. The van der Waals surface area contributed by atoms with E-state index in [1.54, 1.807) is 0 Å². The van der Waals surface area contributed by atoms with Crippen LogP contribution in [0.1, 0.15) is 23.1 Å². The topological polar surface area (TPSA) is 0 Å². The fourth-order valence-electron chi connectivity index (χ4n) is 2.13. The molecule has 0 nitrogen and oxygen atoms in total. The molecule has 0 saturated heterocycles. The fraction of sp³-hybridized carbons (Fsp3) is 0.294. The van der Waals surface area contributed by atoms with Crippen molar-refractivity contribution < 1.29 is 8.78 Å². The molecule has 1 unspecified atom stereocenters. The second kappa shape index (κ2) is 6.98. The van der Waals surface area contributed by atoms with Gasteiger partial charge in [0.25, 0.3) is 0 Å². The highest BCUT2D eigenvalue weighted by Crippen LogP contribution is 2.20. The summed E-state index contributed by atoms with van der Waals surface area (Å²) >= 11 is 3.52. The number of halogens is 3. The molecule has 0 aromatic heterocycles. The first kappa shape index (κ1) is 15.2. The molecular formula is C17H17BrF2. The molecule has 1 atom stereocenters. The van der Waals surface area contributed by atoms with E-state index in [-0.39, 0.29) is 10.4 Å². The van der Waals surface area contributed by atoms with E-state index >= 15 is 0 Å². The average molecular weight is 339 g/mol. The fourth-order valence-corrected chi connectivity index (χ4v) is 2.68. The van der Waals surface area contributed by atoms with Crippen LogP contribution in [-0.4, -0.2) is 4.83 Å². The van der Waals surface area contributed by atoms with Crippen LogP contribution in [-0.2, 0) is 12.8 Å². The Bertz CT molecular complexity index is 543. The lowest BCUT2D eigenvalue weighted by Crippen LogP contribution is -2.08. The van der Waals surface area contributed by atoms with Crippen molar-refractivity contribution in [3.63, 3.8) is 0 Å². The quantitative estimate of drug-likeness (QED) is 0.656. The summed E-state index contributed by atoms with van der Waals surface area (Å²) in [5, 5.41) is 0. The predicted molar refractivity (Wildman–Crippen MR) is 82.3 cm³/mol. The smallest absolute Gasteiger partial charge is 0.129 e. The molecule has 0 amide bonds. The van der Waals surface area contributed by atoms with E-state index in [0.717, 1.165) is 12.8 Å². The Morgan fingerprint density at radius 1 is 1.00 bits per heavy atom. The van der Waals surface area contributed by atoms with E-state index in [1.165, 1.54) is 29.3 Å². The first-order valence-electron chi connectivity index (χ1n) is 6.69. The third-order valence-electron chi connectivity index (χ3n) is 3.35. The predicted octanol–water partition coefficient (Wildman–Crippen LogP) is 5.21. The van der Waals surface area contributed by atoms with Gasteiger partial charge in [-0.15, -0.1) is 0 Å². The summed E-state index contributed by atoms with van der Waals surface area (Å²) < 4.78 is 27.1. The van der Waals surface area contributed by atoms with Crippen molar-refractivity contribution in [2.75, 3.05) is 0 Å². The second-order valence-corrected chi connectivity index (χ2v) is 6.32.